The molecule has 1 amide bonds. The van der Waals surface area contributed by atoms with Gasteiger partial charge >= 0.3 is 0 Å². The van der Waals surface area contributed by atoms with Crippen LogP contribution < -0.4 is 0 Å². The van der Waals surface area contributed by atoms with Crippen molar-refractivity contribution in [2.45, 2.75) is 20.4 Å². The molecule has 0 aliphatic carbocycles. The minimum absolute atomic E-state index is 0.0660. The van der Waals surface area contributed by atoms with Crippen LogP contribution in [0.2, 0.25) is 0 Å². The van der Waals surface area contributed by atoms with Gasteiger partial charge in [-0.1, -0.05) is 12.1 Å². The van der Waals surface area contributed by atoms with Crippen LogP contribution in [0.5, 0.6) is 0 Å². The zero-order chi connectivity index (χ0) is 14.7. The monoisotopic (exact) mass is 268 g/mol. The summed E-state index contributed by atoms with van der Waals surface area (Å²) in [7, 11) is 1.75. The molecule has 1 aromatic heterocycles. The number of rotatable bonds is 3. The van der Waals surface area contributed by atoms with Gasteiger partial charge in [-0.05, 0) is 37.6 Å². The molecule has 2 rings (SSSR count). The van der Waals surface area contributed by atoms with Gasteiger partial charge in [-0.15, -0.1) is 0 Å². The van der Waals surface area contributed by atoms with Crippen molar-refractivity contribution in [1.82, 2.24) is 4.90 Å². The molecule has 0 radical (unpaired) electrons. The zero-order valence-electron chi connectivity index (χ0n) is 11.8. The van der Waals surface area contributed by atoms with E-state index < -0.39 is 0 Å². The topological polar surface area (TPSA) is 57.2 Å². The van der Waals surface area contributed by atoms with Crippen LogP contribution in [0.1, 0.15) is 33.0 Å². The summed E-state index contributed by atoms with van der Waals surface area (Å²) in [6, 6.07) is 11.0. The molecule has 4 nitrogen and oxygen atoms in total. The number of hydrogen-bond donors (Lipinski definition) is 0. The summed E-state index contributed by atoms with van der Waals surface area (Å²) in [4.78, 5) is 14.0. The first kappa shape index (κ1) is 13.9. The first-order valence-corrected chi connectivity index (χ1v) is 6.33. The summed E-state index contributed by atoms with van der Waals surface area (Å²) in [5, 5.41) is 8.76. The smallest absolute Gasteiger partial charge is 0.257 e. The number of hydrogen-bond acceptors (Lipinski definition) is 3. The maximum atomic E-state index is 12.3. The van der Waals surface area contributed by atoms with Gasteiger partial charge in [-0.25, -0.2) is 0 Å². The number of furan rings is 1. The van der Waals surface area contributed by atoms with Crippen LogP contribution in [-0.2, 0) is 6.54 Å². The lowest BCUT2D eigenvalue weighted by Crippen LogP contribution is -2.26. The molecule has 102 valence electrons. The Morgan fingerprint density at radius 3 is 2.45 bits per heavy atom. The normalized spacial score (nSPS) is 10.1. The Morgan fingerprint density at radius 2 is 1.95 bits per heavy atom. The van der Waals surface area contributed by atoms with Crippen LogP contribution in [0.25, 0.3) is 0 Å². The van der Waals surface area contributed by atoms with E-state index >= 15 is 0 Å². The zero-order valence-corrected chi connectivity index (χ0v) is 11.8. The van der Waals surface area contributed by atoms with Crippen molar-refractivity contribution in [2.24, 2.45) is 0 Å². The van der Waals surface area contributed by atoms with Gasteiger partial charge in [-0.3, -0.25) is 4.79 Å². The van der Waals surface area contributed by atoms with Gasteiger partial charge in [0.05, 0.1) is 17.2 Å². The summed E-state index contributed by atoms with van der Waals surface area (Å²) in [6.45, 7) is 4.11. The predicted molar refractivity (Wildman–Crippen MR) is 75.1 cm³/mol. The summed E-state index contributed by atoms with van der Waals surface area (Å²) in [6.07, 6.45) is 0. The summed E-state index contributed by atoms with van der Waals surface area (Å²) in [5.74, 6) is 1.31. The Kier molecular flexibility index (Phi) is 3.90. The molecule has 0 unspecified atom stereocenters. The van der Waals surface area contributed by atoms with E-state index in [1.165, 1.54) is 0 Å². The molecule has 4 heteroatoms. The number of carbonyl (C=O) groups is 1. The Balaban J connectivity index is 2.11. The number of carbonyl (C=O) groups excluding carboxylic acids is 1. The molecule has 0 aliphatic rings. The largest absolute Gasteiger partial charge is 0.466 e. The third-order valence-corrected chi connectivity index (χ3v) is 3.12. The lowest BCUT2D eigenvalue weighted by atomic mass is 10.1. The lowest BCUT2D eigenvalue weighted by Gasteiger charge is -2.16. The van der Waals surface area contributed by atoms with Crippen LogP contribution in [0, 0.1) is 25.2 Å². The molecular weight excluding hydrogens is 252 g/mol. The lowest BCUT2D eigenvalue weighted by molar-refractivity contribution is 0.0783. The molecule has 1 aromatic carbocycles. The van der Waals surface area contributed by atoms with Crippen molar-refractivity contribution in [2.75, 3.05) is 7.05 Å². The molecule has 0 saturated heterocycles. The number of nitriles is 1. The van der Waals surface area contributed by atoms with E-state index in [2.05, 4.69) is 6.07 Å². The molecule has 0 N–H and O–H groups in total. The van der Waals surface area contributed by atoms with Gasteiger partial charge in [0.15, 0.2) is 0 Å². The van der Waals surface area contributed by atoms with E-state index in [9.17, 15) is 4.79 Å². The van der Waals surface area contributed by atoms with Crippen LogP contribution >= 0.6 is 0 Å². The van der Waals surface area contributed by atoms with E-state index in [1.54, 1.807) is 37.1 Å². The van der Waals surface area contributed by atoms with Crippen molar-refractivity contribution in [1.29, 1.82) is 5.26 Å². The summed E-state index contributed by atoms with van der Waals surface area (Å²) < 4.78 is 5.38. The molecule has 0 saturated carbocycles. The highest BCUT2D eigenvalue weighted by Crippen LogP contribution is 2.16. The molecule has 0 aliphatic heterocycles. The third-order valence-electron chi connectivity index (χ3n) is 3.12. The fraction of sp³-hybridized carbons (Fsp3) is 0.250. The Labute approximate surface area is 118 Å². The second-order valence-electron chi connectivity index (χ2n) is 4.80. The Morgan fingerprint density at radius 1 is 1.30 bits per heavy atom. The van der Waals surface area contributed by atoms with Gasteiger partial charge in [0, 0.05) is 13.6 Å². The van der Waals surface area contributed by atoms with Gasteiger partial charge < -0.3 is 9.32 Å². The molecule has 20 heavy (non-hydrogen) atoms. The van der Waals surface area contributed by atoms with Crippen molar-refractivity contribution in [3.63, 3.8) is 0 Å². The second-order valence-corrected chi connectivity index (χ2v) is 4.80. The fourth-order valence-electron chi connectivity index (χ4n) is 2.08. The highest BCUT2D eigenvalue weighted by atomic mass is 16.3. The van der Waals surface area contributed by atoms with E-state index in [-0.39, 0.29) is 5.91 Å². The Bertz CT molecular complexity index is 663. The van der Waals surface area contributed by atoms with Crippen LogP contribution in [0.3, 0.4) is 0 Å². The van der Waals surface area contributed by atoms with Gasteiger partial charge in [0.1, 0.15) is 11.5 Å². The highest BCUT2D eigenvalue weighted by Gasteiger charge is 2.17. The quantitative estimate of drug-likeness (QED) is 0.859. The van der Waals surface area contributed by atoms with E-state index in [1.807, 2.05) is 19.1 Å². The van der Waals surface area contributed by atoms with Gasteiger partial charge in [0.2, 0.25) is 0 Å². The minimum atomic E-state index is -0.0660. The first-order valence-electron chi connectivity index (χ1n) is 6.33. The van der Waals surface area contributed by atoms with Gasteiger partial charge in [-0.2, -0.15) is 5.26 Å². The van der Waals surface area contributed by atoms with Crippen molar-refractivity contribution < 1.29 is 9.21 Å². The molecule has 2 aromatic rings. The SMILES string of the molecule is Cc1cc(C(=O)N(C)Cc2ccc(C#N)cc2)c(C)o1. The Hall–Kier alpha value is -2.54. The maximum Gasteiger partial charge on any atom is 0.257 e. The highest BCUT2D eigenvalue weighted by molar-refractivity contribution is 5.95. The minimum Gasteiger partial charge on any atom is -0.466 e. The van der Waals surface area contributed by atoms with Crippen LogP contribution in [0.4, 0.5) is 0 Å². The number of amides is 1. The average molecular weight is 268 g/mol. The third kappa shape index (κ3) is 2.89. The average Bonchev–Trinajstić information content (AvgIpc) is 2.77. The summed E-state index contributed by atoms with van der Waals surface area (Å²) >= 11 is 0. The molecule has 0 spiro atoms. The summed E-state index contributed by atoms with van der Waals surface area (Å²) in [5.41, 5.74) is 2.19. The first-order chi connectivity index (χ1) is 9.51. The fourth-order valence-corrected chi connectivity index (χ4v) is 2.08. The number of aryl methyl sites for hydroxylation is 2. The van der Waals surface area contributed by atoms with Crippen LogP contribution in [-0.4, -0.2) is 17.9 Å². The van der Waals surface area contributed by atoms with E-state index in [0.29, 0.717) is 23.4 Å². The number of nitrogens with zero attached hydrogens (tertiary/aromatic N) is 2. The van der Waals surface area contributed by atoms with Crippen molar-refractivity contribution >= 4 is 5.91 Å². The van der Waals surface area contributed by atoms with Crippen LogP contribution in [0.15, 0.2) is 34.7 Å². The number of benzene rings is 1. The standard InChI is InChI=1S/C16H16N2O2/c1-11-8-15(12(2)20-11)16(19)18(3)10-14-6-4-13(9-17)5-7-14/h4-8H,10H2,1-3H3. The molecular formula is C16H16N2O2. The van der Waals surface area contributed by atoms with Gasteiger partial charge in [0.25, 0.3) is 5.91 Å². The van der Waals surface area contributed by atoms with E-state index in [0.717, 1.165) is 11.3 Å². The second kappa shape index (κ2) is 5.62. The van der Waals surface area contributed by atoms with Crippen molar-refractivity contribution in [3.8, 4) is 6.07 Å². The molecule has 0 fully saturated rings. The van der Waals surface area contributed by atoms with E-state index in [4.69, 9.17) is 9.68 Å². The predicted octanol–water partition coefficient (Wildman–Crippen LogP) is 3.04. The molecule has 1 heterocycles. The maximum absolute atomic E-state index is 12.3. The molecule has 0 bridgehead atoms. The van der Waals surface area contributed by atoms with Crippen molar-refractivity contribution in [3.05, 3.63) is 58.5 Å². The molecule has 0 atom stereocenters.